The first-order valence-electron chi connectivity index (χ1n) is 12.5. The summed E-state index contributed by atoms with van der Waals surface area (Å²) in [6, 6.07) is 6.40. The van der Waals surface area contributed by atoms with Crippen molar-refractivity contribution in [2.24, 2.45) is 0 Å². The summed E-state index contributed by atoms with van der Waals surface area (Å²) in [6.45, 7) is 8.99. The second kappa shape index (κ2) is 10.6. The number of ether oxygens (including phenoxy) is 5. The molecule has 2 aliphatic heterocycles. The van der Waals surface area contributed by atoms with E-state index in [1.807, 2.05) is 13.8 Å². The lowest BCUT2D eigenvalue weighted by atomic mass is 9.87. The van der Waals surface area contributed by atoms with Crippen molar-refractivity contribution in [1.82, 2.24) is 0 Å². The molecular weight excluding hydrogens is 540 g/mol. The molecule has 2 saturated heterocycles. The molecule has 3 fully saturated rings. The van der Waals surface area contributed by atoms with Gasteiger partial charge in [0.2, 0.25) is 0 Å². The van der Waals surface area contributed by atoms with Crippen LogP contribution < -0.4 is 0 Å². The molecule has 1 aliphatic carbocycles. The molecular formula is C25H37BrO8S. The third-order valence-corrected chi connectivity index (χ3v) is 8.69. The van der Waals surface area contributed by atoms with Crippen LogP contribution in [0.4, 0.5) is 0 Å². The van der Waals surface area contributed by atoms with Gasteiger partial charge in [0, 0.05) is 17.7 Å². The molecule has 0 bridgehead atoms. The third-order valence-electron chi connectivity index (χ3n) is 6.77. The average molecular weight is 578 g/mol. The van der Waals surface area contributed by atoms with Crippen LogP contribution in [0.15, 0.2) is 33.6 Å². The van der Waals surface area contributed by atoms with Crippen molar-refractivity contribution in [2.75, 3.05) is 19.8 Å². The lowest BCUT2D eigenvalue weighted by Crippen LogP contribution is -2.60. The number of unbranched alkanes of at least 4 members (excludes halogenated alkanes) is 2. The van der Waals surface area contributed by atoms with Crippen molar-refractivity contribution in [3.63, 3.8) is 0 Å². The lowest BCUT2D eigenvalue weighted by molar-refractivity contribution is -0.275. The van der Waals surface area contributed by atoms with Crippen LogP contribution in [0.1, 0.15) is 66.2 Å². The minimum Gasteiger partial charge on any atom is -0.378 e. The Kier molecular flexibility index (Phi) is 8.35. The Morgan fingerprint density at radius 3 is 2.29 bits per heavy atom. The zero-order valence-electron chi connectivity index (χ0n) is 21.0. The van der Waals surface area contributed by atoms with Gasteiger partial charge in [0.25, 0.3) is 10.1 Å². The van der Waals surface area contributed by atoms with Crippen LogP contribution in [0.3, 0.4) is 0 Å². The zero-order chi connectivity index (χ0) is 25.3. The van der Waals surface area contributed by atoms with Gasteiger partial charge in [-0.1, -0.05) is 42.6 Å². The minimum absolute atomic E-state index is 0.0873. The molecule has 2 heterocycles. The summed E-state index contributed by atoms with van der Waals surface area (Å²) < 4.78 is 64.8. The third kappa shape index (κ3) is 5.65. The van der Waals surface area contributed by atoms with Gasteiger partial charge in [-0.15, -0.1) is 0 Å². The molecule has 1 unspecified atom stereocenters. The SMILES string of the molecule is CCCCOC[C@]1(C2(OS(=O)(=O)c3ccc(Br)cc3)CC2)O[C@@H]2OC(C)(C)O[C@H]2C1OCCCC. The fourth-order valence-electron chi connectivity index (χ4n) is 4.81. The number of halogens is 1. The van der Waals surface area contributed by atoms with E-state index in [0.29, 0.717) is 26.1 Å². The fraction of sp³-hybridized carbons (Fsp3) is 0.760. The molecule has 1 aromatic rings. The Hall–Kier alpha value is -0.590. The normalized spacial score (nSPS) is 30.9. The lowest BCUT2D eigenvalue weighted by Gasteiger charge is -2.42. The predicted molar refractivity (Wildman–Crippen MR) is 132 cm³/mol. The van der Waals surface area contributed by atoms with Crippen LogP contribution in [-0.4, -0.2) is 63.7 Å². The maximum atomic E-state index is 13.4. The van der Waals surface area contributed by atoms with E-state index in [0.717, 1.165) is 30.2 Å². The largest absolute Gasteiger partial charge is 0.378 e. The topological polar surface area (TPSA) is 89.5 Å². The van der Waals surface area contributed by atoms with E-state index in [9.17, 15) is 8.42 Å². The predicted octanol–water partition coefficient (Wildman–Crippen LogP) is 4.94. The molecule has 198 valence electrons. The number of rotatable bonds is 13. The maximum Gasteiger partial charge on any atom is 0.297 e. The molecule has 1 aromatic carbocycles. The molecule has 0 N–H and O–H groups in total. The smallest absolute Gasteiger partial charge is 0.297 e. The monoisotopic (exact) mass is 576 g/mol. The summed E-state index contributed by atoms with van der Waals surface area (Å²) in [6.07, 6.45) is 2.85. The van der Waals surface area contributed by atoms with Crippen LogP contribution in [-0.2, 0) is 38.0 Å². The summed E-state index contributed by atoms with van der Waals surface area (Å²) in [5.41, 5.74) is -2.33. The number of benzene rings is 1. The Balaban J connectivity index is 1.67. The molecule has 0 amide bonds. The number of hydrogen-bond donors (Lipinski definition) is 0. The molecule has 4 atom stereocenters. The summed E-state index contributed by atoms with van der Waals surface area (Å²) in [5, 5.41) is 0. The fourth-order valence-corrected chi connectivity index (χ4v) is 6.37. The van der Waals surface area contributed by atoms with Gasteiger partial charge in [0.05, 0.1) is 11.5 Å². The highest BCUT2D eigenvalue weighted by atomic mass is 79.9. The van der Waals surface area contributed by atoms with Crippen molar-refractivity contribution in [2.45, 2.75) is 107 Å². The summed E-state index contributed by atoms with van der Waals surface area (Å²) in [5.74, 6) is -0.835. The minimum atomic E-state index is -4.07. The van der Waals surface area contributed by atoms with Crippen molar-refractivity contribution in [3.8, 4) is 0 Å². The first-order chi connectivity index (χ1) is 16.6. The summed E-state index contributed by atoms with van der Waals surface area (Å²) >= 11 is 3.35. The number of fused-ring (bicyclic) bond motifs is 1. The van der Waals surface area contributed by atoms with E-state index in [4.69, 9.17) is 27.9 Å². The zero-order valence-corrected chi connectivity index (χ0v) is 23.4. The maximum absolute atomic E-state index is 13.4. The van der Waals surface area contributed by atoms with Gasteiger partial charge in [-0.25, -0.2) is 0 Å². The molecule has 10 heteroatoms. The van der Waals surface area contributed by atoms with Crippen LogP contribution in [0, 0.1) is 0 Å². The first kappa shape index (κ1) is 27.4. The second-order valence-electron chi connectivity index (χ2n) is 10.0. The van der Waals surface area contributed by atoms with E-state index >= 15 is 0 Å². The van der Waals surface area contributed by atoms with Gasteiger partial charge in [-0.3, -0.25) is 4.18 Å². The highest BCUT2D eigenvalue weighted by molar-refractivity contribution is 9.10. The van der Waals surface area contributed by atoms with Crippen molar-refractivity contribution >= 4 is 26.0 Å². The van der Waals surface area contributed by atoms with Crippen molar-refractivity contribution in [3.05, 3.63) is 28.7 Å². The molecule has 3 aliphatic rings. The van der Waals surface area contributed by atoms with E-state index in [2.05, 4.69) is 29.8 Å². The van der Waals surface area contributed by atoms with Crippen LogP contribution >= 0.6 is 15.9 Å². The van der Waals surface area contributed by atoms with Crippen LogP contribution in [0.25, 0.3) is 0 Å². The molecule has 8 nitrogen and oxygen atoms in total. The summed E-state index contributed by atoms with van der Waals surface area (Å²) in [4.78, 5) is 0.0873. The van der Waals surface area contributed by atoms with Crippen LogP contribution in [0.2, 0.25) is 0 Å². The molecule has 35 heavy (non-hydrogen) atoms. The van der Waals surface area contributed by atoms with Crippen molar-refractivity contribution < 1.29 is 36.3 Å². The van der Waals surface area contributed by atoms with Gasteiger partial charge in [-0.2, -0.15) is 8.42 Å². The van der Waals surface area contributed by atoms with E-state index in [1.165, 1.54) is 12.1 Å². The van der Waals surface area contributed by atoms with Crippen LogP contribution in [0.5, 0.6) is 0 Å². The average Bonchev–Trinajstić information content (AvgIpc) is 3.43. The first-order valence-corrected chi connectivity index (χ1v) is 14.7. The molecule has 0 radical (unpaired) electrons. The van der Waals surface area contributed by atoms with E-state index < -0.39 is 45.6 Å². The van der Waals surface area contributed by atoms with Gasteiger partial charge in [0.1, 0.15) is 17.8 Å². The standard InChI is InChI=1S/C25H37BrO8S/c1-5-7-15-29-17-25(21(30-16-8-6-2)20-22(33-25)32-23(3,4)31-20)24(13-14-24)34-35(27,28)19-11-9-18(26)10-12-19/h9-12,20-22H,5-8,13-17H2,1-4H3/t20-,21?,22-,25-/m0/s1. The Morgan fingerprint density at radius 1 is 1.00 bits per heavy atom. The number of hydrogen-bond acceptors (Lipinski definition) is 8. The molecule has 0 aromatic heterocycles. The van der Waals surface area contributed by atoms with Gasteiger partial charge >= 0.3 is 0 Å². The highest BCUT2D eigenvalue weighted by Crippen LogP contribution is 2.59. The second-order valence-corrected chi connectivity index (χ2v) is 12.5. The van der Waals surface area contributed by atoms with Gasteiger partial charge < -0.3 is 23.7 Å². The highest BCUT2D eigenvalue weighted by Gasteiger charge is 2.75. The Labute approximate surface area is 217 Å². The molecule has 0 spiro atoms. The molecule has 4 rings (SSSR count). The Morgan fingerprint density at radius 2 is 1.66 bits per heavy atom. The Bertz CT molecular complexity index is 962. The quantitative estimate of drug-likeness (QED) is 0.241. The van der Waals surface area contributed by atoms with Gasteiger partial charge in [0.15, 0.2) is 17.7 Å². The van der Waals surface area contributed by atoms with Crippen molar-refractivity contribution in [1.29, 1.82) is 0 Å². The van der Waals surface area contributed by atoms with E-state index in [-0.39, 0.29) is 11.5 Å². The molecule has 1 saturated carbocycles. The summed E-state index contributed by atoms with van der Waals surface area (Å²) in [7, 11) is -4.07. The van der Waals surface area contributed by atoms with E-state index in [1.54, 1.807) is 12.1 Å². The van der Waals surface area contributed by atoms with Gasteiger partial charge in [-0.05, 0) is 63.8 Å².